The zero-order valence-electron chi connectivity index (χ0n) is 11.5. The lowest BCUT2D eigenvalue weighted by Gasteiger charge is -2.12. The molecule has 2 nitrogen and oxygen atoms in total. The van der Waals surface area contributed by atoms with E-state index in [-0.39, 0.29) is 0 Å². The van der Waals surface area contributed by atoms with E-state index in [0.717, 1.165) is 17.8 Å². The lowest BCUT2D eigenvalue weighted by atomic mass is 9.97. The second-order valence-electron chi connectivity index (χ2n) is 4.75. The largest absolute Gasteiger partial charge is 0.400 e. The molecule has 0 saturated heterocycles. The van der Waals surface area contributed by atoms with Crippen LogP contribution in [-0.2, 0) is 6.42 Å². The number of fused-ring (bicyclic) bond motifs is 1. The maximum Gasteiger partial charge on any atom is 0.0318 e. The van der Waals surface area contributed by atoms with Crippen molar-refractivity contribution in [1.82, 2.24) is 5.32 Å². The van der Waals surface area contributed by atoms with E-state index in [9.17, 15) is 0 Å². The number of hydrogen-bond acceptors (Lipinski definition) is 2. The first-order valence-corrected chi connectivity index (χ1v) is 6.43. The van der Waals surface area contributed by atoms with E-state index in [4.69, 9.17) is 5.73 Å². The molecule has 0 aliphatic carbocycles. The molecule has 0 saturated carbocycles. The van der Waals surface area contributed by atoms with Crippen LogP contribution < -0.4 is 11.1 Å². The van der Waals surface area contributed by atoms with Gasteiger partial charge in [0.1, 0.15) is 0 Å². The Morgan fingerprint density at radius 1 is 1.26 bits per heavy atom. The third-order valence-electron chi connectivity index (χ3n) is 3.49. The van der Waals surface area contributed by atoms with Crippen LogP contribution in [0.15, 0.2) is 60.6 Å². The standard InChI is InChI=1S/C17H20N2/c1-4-19-13(3)17(18)11-15-10-9-14-7-5-6-8-16(14)12(15)2/h4-10,19H,1,11,18H2,2-3H3/b17-13-. The van der Waals surface area contributed by atoms with Crippen molar-refractivity contribution in [3.63, 3.8) is 0 Å². The Hall–Kier alpha value is -2.22. The first-order chi connectivity index (χ1) is 9.13. The number of nitrogens with one attached hydrogen (secondary N) is 1. The third-order valence-corrected chi connectivity index (χ3v) is 3.49. The van der Waals surface area contributed by atoms with Gasteiger partial charge in [0.05, 0.1) is 0 Å². The van der Waals surface area contributed by atoms with Crippen molar-refractivity contribution in [1.29, 1.82) is 0 Å². The molecular formula is C17H20N2. The molecule has 2 rings (SSSR count). The first-order valence-electron chi connectivity index (χ1n) is 6.43. The van der Waals surface area contributed by atoms with Gasteiger partial charge in [0, 0.05) is 17.8 Å². The van der Waals surface area contributed by atoms with Crippen LogP contribution >= 0.6 is 0 Å². The number of rotatable bonds is 4. The predicted molar refractivity (Wildman–Crippen MR) is 82.6 cm³/mol. The summed E-state index contributed by atoms with van der Waals surface area (Å²) in [5, 5.41) is 5.60. The molecule has 19 heavy (non-hydrogen) atoms. The number of benzene rings is 2. The molecule has 0 aromatic heterocycles. The second kappa shape index (κ2) is 5.61. The topological polar surface area (TPSA) is 38.0 Å². The van der Waals surface area contributed by atoms with E-state index >= 15 is 0 Å². The van der Waals surface area contributed by atoms with Crippen LogP contribution in [0.5, 0.6) is 0 Å². The van der Waals surface area contributed by atoms with Crippen molar-refractivity contribution in [3.8, 4) is 0 Å². The molecule has 0 radical (unpaired) electrons. The molecule has 0 aliphatic heterocycles. The molecule has 3 N–H and O–H groups in total. The third kappa shape index (κ3) is 2.79. The summed E-state index contributed by atoms with van der Waals surface area (Å²) in [4.78, 5) is 0. The smallest absolute Gasteiger partial charge is 0.0318 e. The summed E-state index contributed by atoms with van der Waals surface area (Å²) in [6.45, 7) is 7.77. The fourth-order valence-corrected chi connectivity index (χ4v) is 2.25. The highest BCUT2D eigenvalue weighted by atomic mass is 14.9. The molecule has 0 atom stereocenters. The van der Waals surface area contributed by atoms with E-state index in [2.05, 4.69) is 55.2 Å². The molecule has 98 valence electrons. The van der Waals surface area contributed by atoms with Crippen LogP contribution in [0, 0.1) is 6.92 Å². The molecule has 0 amide bonds. The van der Waals surface area contributed by atoms with Gasteiger partial charge in [-0.2, -0.15) is 0 Å². The summed E-state index contributed by atoms with van der Waals surface area (Å²) in [5.41, 5.74) is 10.5. The highest BCUT2D eigenvalue weighted by Gasteiger charge is 2.05. The van der Waals surface area contributed by atoms with Crippen LogP contribution in [-0.4, -0.2) is 0 Å². The lowest BCUT2D eigenvalue weighted by Crippen LogP contribution is -2.13. The van der Waals surface area contributed by atoms with Crippen molar-refractivity contribution < 1.29 is 0 Å². The maximum absolute atomic E-state index is 6.12. The Balaban J connectivity index is 2.39. The molecule has 0 heterocycles. The average molecular weight is 252 g/mol. The molecule has 2 aromatic rings. The quantitative estimate of drug-likeness (QED) is 0.872. The normalized spacial score (nSPS) is 12.1. The number of allylic oxidation sites excluding steroid dienone is 2. The van der Waals surface area contributed by atoms with Gasteiger partial charge >= 0.3 is 0 Å². The van der Waals surface area contributed by atoms with Crippen molar-refractivity contribution in [2.24, 2.45) is 5.73 Å². The Kier molecular flexibility index (Phi) is 3.91. The van der Waals surface area contributed by atoms with Gasteiger partial charge < -0.3 is 11.1 Å². The van der Waals surface area contributed by atoms with Crippen molar-refractivity contribution in [2.75, 3.05) is 0 Å². The molecule has 0 spiro atoms. The van der Waals surface area contributed by atoms with Crippen LogP contribution in [0.1, 0.15) is 18.1 Å². The Morgan fingerprint density at radius 3 is 2.74 bits per heavy atom. The molecule has 2 aromatic carbocycles. The highest BCUT2D eigenvalue weighted by molar-refractivity contribution is 5.86. The monoisotopic (exact) mass is 252 g/mol. The summed E-state index contributed by atoms with van der Waals surface area (Å²) in [6.07, 6.45) is 2.40. The van der Waals surface area contributed by atoms with Crippen molar-refractivity contribution >= 4 is 10.8 Å². The van der Waals surface area contributed by atoms with Crippen molar-refractivity contribution in [3.05, 3.63) is 71.7 Å². The van der Waals surface area contributed by atoms with Crippen LogP contribution in [0.2, 0.25) is 0 Å². The summed E-state index contributed by atoms with van der Waals surface area (Å²) >= 11 is 0. The Morgan fingerprint density at radius 2 is 2.00 bits per heavy atom. The zero-order valence-corrected chi connectivity index (χ0v) is 11.5. The molecule has 0 unspecified atom stereocenters. The second-order valence-corrected chi connectivity index (χ2v) is 4.75. The van der Waals surface area contributed by atoms with E-state index in [1.54, 1.807) is 6.20 Å². The summed E-state index contributed by atoms with van der Waals surface area (Å²) in [5.74, 6) is 0. The molecule has 2 heteroatoms. The van der Waals surface area contributed by atoms with E-state index in [1.165, 1.54) is 21.9 Å². The SMILES string of the molecule is C=CN/C(C)=C(\N)Cc1ccc2ccccc2c1C. The van der Waals surface area contributed by atoms with Gasteiger partial charge in [0.2, 0.25) is 0 Å². The number of hydrogen-bond donors (Lipinski definition) is 2. The van der Waals surface area contributed by atoms with Crippen molar-refractivity contribution in [2.45, 2.75) is 20.3 Å². The van der Waals surface area contributed by atoms with E-state index < -0.39 is 0 Å². The minimum absolute atomic E-state index is 0.753. The molecule has 0 fully saturated rings. The minimum atomic E-state index is 0.753. The number of aryl methyl sites for hydroxylation is 1. The number of nitrogens with two attached hydrogens (primary N) is 1. The van der Waals surface area contributed by atoms with Gasteiger partial charge in [-0.05, 0) is 41.9 Å². The first kappa shape index (κ1) is 13.2. The zero-order chi connectivity index (χ0) is 13.8. The van der Waals surface area contributed by atoms with Gasteiger partial charge in [0.15, 0.2) is 0 Å². The van der Waals surface area contributed by atoms with E-state index in [0.29, 0.717) is 0 Å². The van der Waals surface area contributed by atoms with Gasteiger partial charge in [-0.15, -0.1) is 0 Å². The summed E-state index contributed by atoms with van der Waals surface area (Å²) < 4.78 is 0. The van der Waals surface area contributed by atoms with Crippen LogP contribution in [0.25, 0.3) is 10.8 Å². The van der Waals surface area contributed by atoms with Gasteiger partial charge in [0.25, 0.3) is 0 Å². The lowest BCUT2D eigenvalue weighted by molar-refractivity contribution is 0.958. The summed E-state index contributed by atoms with van der Waals surface area (Å²) in [7, 11) is 0. The maximum atomic E-state index is 6.12. The van der Waals surface area contributed by atoms with Crippen LogP contribution in [0.3, 0.4) is 0 Å². The summed E-state index contributed by atoms with van der Waals surface area (Å²) in [6, 6.07) is 12.7. The highest BCUT2D eigenvalue weighted by Crippen LogP contribution is 2.23. The fraction of sp³-hybridized carbons (Fsp3) is 0.176. The average Bonchev–Trinajstić information content (AvgIpc) is 2.42. The van der Waals surface area contributed by atoms with Gasteiger partial charge in [-0.25, -0.2) is 0 Å². The predicted octanol–water partition coefficient (Wildman–Crippen LogP) is 3.61. The fourth-order valence-electron chi connectivity index (χ4n) is 2.25. The van der Waals surface area contributed by atoms with Gasteiger partial charge in [-0.3, -0.25) is 0 Å². The molecule has 0 bridgehead atoms. The van der Waals surface area contributed by atoms with Crippen LogP contribution in [0.4, 0.5) is 0 Å². The Bertz CT molecular complexity index is 639. The molecule has 0 aliphatic rings. The molecular weight excluding hydrogens is 232 g/mol. The Labute approximate surface area is 114 Å². The minimum Gasteiger partial charge on any atom is -0.400 e. The van der Waals surface area contributed by atoms with E-state index in [1.807, 2.05) is 6.92 Å². The van der Waals surface area contributed by atoms with Gasteiger partial charge in [-0.1, -0.05) is 43.0 Å².